The molecular weight excluding hydrogens is 522 g/mol. The number of ether oxygens (including phenoxy) is 3. The quantitative estimate of drug-likeness (QED) is 0.252. The number of β-lactam (4-membered cyclic amide) rings is 1. The Bertz CT molecular complexity index is 1530. The highest BCUT2D eigenvalue weighted by Gasteiger charge is 2.51. The first-order valence-electron chi connectivity index (χ1n) is 13.2. The van der Waals surface area contributed by atoms with Gasteiger partial charge < -0.3 is 19.5 Å². The number of nitrogens with zero attached hydrogens (tertiary/aromatic N) is 1. The van der Waals surface area contributed by atoms with Crippen LogP contribution in [-0.2, 0) is 9.59 Å². The van der Waals surface area contributed by atoms with Crippen LogP contribution in [0.2, 0.25) is 0 Å². The number of rotatable bonds is 10. The molecule has 0 unspecified atom stereocenters. The van der Waals surface area contributed by atoms with Crippen LogP contribution >= 0.6 is 0 Å². The molecule has 5 rings (SSSR count). The third-order valence-electron chi connectivity index (χ3n) is 6.32. The van der Waals surface area contributed by atoms with Crippen molar-refractivity contribution in [3.05, 3.63) is 114 Å². The fourth-order valence-electron chi connectivity index (χ4n) is 4.46. The molecule has 41 heavy (non-hydrogen) atoms. The molecule has 2 N–H and O–H groups in total. The molecule has 4 aromatic carbocycles. The summed E-state index contributed by atoms with van der Waals surface area (Å²) in [6.45, 7) is 3.49. The first-order chi connectivity index (χ1) is 19.9. The number of amides is 3. The highest BCUT2D eigenvalue weighted by atomic mass is 16.5. The maximum Gasteiger partial charge on any atom is 0.285 e. The molecule has 9 nitrogen and oxygen atoms in total. The van der Waals surface area contributed by atoms with Crippen molar-refractivity contribution in [2.75, 3.05) is 11.9 Å². The lowest BCUT2D eigenvalue weighted by Gasteiger charge is -2.46. The van der Waals surface area contributed by atoms with Crippen LogP contribution in [-0.4, -0.2) is 35.4 Å². The smallest absolute Gasteiger partial charge is 0.285 e. The van der Waals surface area contributed by atoms with Gasteiger partial charge in [-0.1, -0.05) is 48.5 Å². The largest absolute Gasteiger partial charge is 0.493 e. The summed E-state index contributed by atoms with van der Waals surface area (Å²) >= 11 is 0. The van der Waals surface area contributed by atoms with Crippen molar-refractivity contribution in [3.8, 4) is 23.0 Å². The average Bonchev–Trinajstić information content (AvgIpc) is 2.98. The standard InChI is InChI=1S/C32H29N3O6/c1-3-39-28-20-23(33-21(2)36)16-19-27(28)31(37)34-35-29(30(32(35)38)41-25-12-8-5-9-13-25)22-14-17-26(18-15-22)40-24-10-6-4-7-11-24/h4-20,29-30H,3H2,1-2H3,(H,33,36)(H,34,37)/t29-,30+/m0/s1. The fourth-order valence-corrected chi connectivity index (χ4v) is 4.46. The molecule has 0 bridgehead atoms. The molecule has 1 aliphatic rings. The maximum absolute atomic E-state index is 13.4. The number of hydrogen-bond donors (Lipinski definition) is 2. The van der Waals surface area contributed by atoms with Gasteiger partial charge in [-0.2, -0.15) is 0 Å². The molecule has 0 aromatic heterocycles. The van der Waals surface area contributed by atoms with E-state index in [-0.39, 0.29) is 17.2 Å². The van der Waals surface area contributed by atoms with Crippen molar-refractivity contribution >= 4 is 23.4 Å². The molecule has 9 heteroatoms. The summed E-state index contributed by atoms with van der Waals surface area (Å²) < 4.78 is 17.6. The Hall–Kier alpha value is -5.31. The predicted octanol–water partition coefficient (Wildman–Crippen LogP) is 5.51. The Morgan fingerprint density at radius 2 is 1.46 bits per heavy atom. The SMILES string of the molecule is CCOc1cc(NC(C)=O)ccc1C(=O)NN1C(=O)[C@H](Oc2ccccc2)[C@@H]1c1ccc(Oc2ccccc2)cc1. The predicted molar refractivity (Wildman–Crippen MR) is 153 cm³/mol. The maximum atomic E-state index is 13.4. The van der Waals surface area contributed by atoms with E-state index in [2.05, 4.69) is 10.7 Å². The second kappa shape index (κ2) is 12.3. The van der Waals surface area contributed by atoms with Crippen molar-refractivity contribution in [2.45, 2.75) is 26.0 Å². The highest BCUT2D eigenvalue weighted by Crippen LogP contribution is 2.38. The van der Waals surface area contributed by atoms with E-state index in [1.54, 1.807) is 49.4 Å². The van der Waals surface area contributed by atoms with Crippen molar-refractivity contribution < 1.29 is 28.6 Å². The number of benzene rings is 4. The highest BCUT2D eigenvalue weighted by molar-refractivity contribution is 6.00. The molecule has 4 aromatic rings. The summed E-state index contributed by atoms with van der Waals surface area (Å²) in [5.41, 5.74) is 4.18. The van der Waals surface area contributed by atoms with Crippen LogP contribution in [0.3, 0.4) is 0 Å². The first kappa shape index (κ1) is 27.3. The van der Waals surface area contributed by atoms with Gasteiger partial charge in [-0.15, -0.1) is 0 Å². The molecular formula is C32H29N3O6. The number of carbonyl (C=O) groups is 3. The lowest BCUT2D eigenvalue weighted by molar-refractivity contribution is -0.169. The van der Waals surface area contributed by atoms with Gasteiger partial charge in [-0.3, -0.25) is 19.8 Å². The summed E-state index contributed by atoms with van der Waals surface area (Å²) in [6.07, 6.45) is -0.855. The average molecular weight is 552 g/mol. The minimum atomic E-state index is -0.855. The summed E-state index contributed by atoms with van der Waals surface area (Å²) in [7, 11) is 0. The van der Waals surface area contributed by atoms with Gasteiger partial charge in [0, 0.05) is 18.7 Å². The number of hydrogen-bond acceptors (Lipinski definition) is 6. The number of anilines is 1. The van der Waals surface area contributed by atoms with E-state index in [4.69, 9.17) is 14.2 Å². The lowest BCUT2D eigenvalue weighted by atomic mass is 9.92. The third kappa shape index (κ3) is 6.30. The van der Waals surface area contributed by atoms with Crippen LogP contribution in [0.1, 0.15) is 35.8 Å². The molecule has 3 amide bonds. The van der Waals surface area contributed by atoms with E-state index in [0.29, 0.717) is 29.5 Å². The van der Waals surface area contributed by atoms with E-state index >= 15 is 0 Å². The van der Waals surface area contributed by atoms with Crippen LogP contribution in [0, 0.1) is 0 Å². The Labute approximate surface area is 237 Å². The van der Waals surface area contributed by atoms with Crippen LogP contribution in [0.5, 0.6) is 23.0 Å². The van der Waals surface area contributed by atoms with E-state index in [0.717, 1.165) is 5.56 Å². The number of carbonyl (C=O) groups excluding carboxylic acids is 3. The van der Waals surface area contributed by atoms with E-state index in [1.807, 2.05) is 60.7 Å². The molecule has 1 fully saturated rings. The van der Waals surface area contributed by atoms with Crippen LogP contribution in [0.4, 0.5) is 5.69 Å². The molecule has 208 valence electrons. The van der Waals surface area contributed by atoms with Crippen molar-refractivity contribution in [1.29, 1.82) is 0 Å². The Morgan fingerprint density at radius 3 is 2.10 bits per heavy atom. The summed E-state index contributed by atoms with van der Waals surface area (Å²) in [5.74, 6) is 0.963. The minimum absolute atomic E-state index is 0.214. The minimum Gasteiger partial charge on any atom is -0.493 e. The van der Waals surface area contributed by atoms with E-state index < -0.39 is 24.0 Å². The van der Waals surface area contributed by atoms with Gasteiger partial charge in [0.1, 0.15) is 29.0 Å². The Balaban J connectivity index is 1.39. The number of para-hydroxylation sites is 2. The van der Waals surface area contributed by atoms with Gasteiger partial charge in [-0.05, 0) is 61.0 Å². The molecule has 0 spiro atoms. The van der Waals surface area contributed by atoms with Crippen molar-refractivity contribution in [3.63, 3.8) is 0 Å². The second-order valence-corrected chi connectivity index (χ2v) is 9.25. The zero-order valence-corrected chi connectivity index (χ0v) is 22.6. The van der Waals surface area contributed by atoms with Gasteiger partial charge in [0.05, 0.1) is 12.2 Å². The topological polar surface area (TPSA) is 106 Å². The van der Waals surface area contributed by atoms with E-state index in [1.165, 1.54) is 11.9 Å². The van der Waals surface area contributed by atoms with Crippen LogP contribution in [0.15, 0.2) is 103 Å². The lowest BCUT2D eigenvalue weighted by Crippen LogP contribution is -2.67. The van der Waals surface area contributed by atoms with E-state index in [9.17, 15) is 14.4 Å². The van der Waals surface area contributed by atoms with Gasteiger partial charge >= 0.3 is 0 Å². The summed E-state index contributed by atoms with van der Waals surface area (Å²) in [4.78, 5) is 38.2. The molecule has 0 radical (unpaired) electrons. The van der Waals surface area contributed by atoms with Crippen LogP contribution in [0.25, 0.3) is 0 Å². The molecule has 1 saturated heterocycles. The zero-order chi connectivity index (χ0) is 28.8. The Morgan fingerprint density at radius 1 is 0.829 bits per heavy atom. The fraction of sp³-hybridized carbons (Fsp3) is 0.156. The third-order valence-corrected chi connectivity index (χ3v) is 6.32. The number of hydrazine groups is 1. The first-order valence-corrected chi connectivity index (χ1v) is 13.2. The molecule has 0 saturated carbocycles. The molecule has 1 aliphatic heterocycles. The van der Waals surface area contributed by atoms with Gasteiger partial charge in [0.15, 0.2) is 0 Å². The van der Waals surface area contributed by atoms with Crippen molar-refractivity contribution in [2.24, 2.45) is 0 Å². The van der Waals surface area contributed by atoms with Gasteiger partial charge in [0.25, 0.3) is 11.8 Å². The molecule has 2 atom stereocenters. The second-order valence-electron chi connectivity index (χ2n) is 9.25. The number of nitrogens with one attached hydrogen (secondary N) is 2. The molecule has 1 heterocycles. The van der Waals surface area contributed by atoms with Crippen molar-refractivity contribution in [1.82, 2.24) is 10.4 Å². The molecule has 0 aliphatic carbocycles. The zero-order valence-electron chi connectivity index (χ0n) is 22.6. The Kier molecular flexibility index (Phi) is 8.15. The van der Waals surface area contributed by atoms with Gasteiger partial charge in [0.2, 0.25) is 12.0 Å². The normalized spacial score (nSPS) is 15.9. The monoisotopic (exact) mass is 551 g/mol. The summed E-state index contributed by atoms with van der Waals surface area (Å²) in [6, 6.07) is 29.8. The summed E-state index contributed by atoms with van der Waals surface area (Å²) in [5, 5.41) is 3.94. The van der Waals surface area contributed by atoms with Crippen LogP contribution < -0.4 is 25.0 Å². The van der Waals surface area contributed by atoms with Gasteiger partial charge in [-0.25, -0.2) is 5.01 Å².